The molecule has 1 saturated heterocycles. The number of phenols is 1. The Morgan fingerprint density at radius 2 is 2.25 bits per heavy atom. The summed E-state index contributed by atoms with van der Waals surface area (Å²) in [6.07, 6.45) is 1.73. The molecular weight excluding hydrogens is 362 g/mol. The summed E-state index contributed by atoms with van der Waals surface area (Å²) >= 11 is 9.60. The van der Waals surface area contributed by atoms with Crippen molar-refractivity contribution in [2.75, 3.05) is 13.7 Å². The van der Waals surface area contributed by atoms with Gasteiger partial charge in [-0.25, -0.2) is 0 Å². The van der Waals surface area contributed by atoms with Gasteiger partial charge in [0.1, 0.15) is 4.32 Å². The number of ether oxygens (including phenoxy) is 1. The van der Waals surface area contributed by atoms with Crippen LogP contribution >= 0.6 is 39.9 Å². The Bertz CT molecular complexity index is 616. The van der Waals surface area contributed by atoms with Gasteiger partial charge in [-0.3, -0.25) is 9.69 Å². The molecule has 1 N–H and O–H groups in total. The average Bonchev–Trinajstić information content (AvgIpc) is 2.63. The van der Waals surface area contributed by atoms with Crippen molar-refractivity contribution in [1.29, 1.82) is 0 Å². The fourth-order valence-electron chi connectivity index (χ4n) is 1.64. The molecule has 0 saturated carbocycles. The second-order valence-electron chi connectivity index (χ2n) is 4.02. The molecule has 2 rings (SSSR count). The minimum absolute atomic E-state index is 0.0482. The van der Waals surface area contributed by atoms with Crippen molar-refractivity contribution in [3.05, 3.63) is 27.1 Å². The number of nitrogens with zero attached hydrogens (tertiary/aromatic N) is 1. The fraction of sp³-hybridized carbons (Fsp3) is 0.231. The zero-order valence-corrected chi connectivity index (χ0v) is 14.1. The molecule has 1 fully saturated rings. The van der Waals surface area contributed by atoms with Gasteiger partial charge in [0.05, 0.1) is 16.0 Å². The third-order valence-corrected chi connectivity index (χ3v) is 4.72. The van der Waals surface area contributed by atoms with Crippen LogP contribution in [0.3, 0.4) is 0 Å². The van der Waals surface area contributed by atoms with E-state index in [-0.39, 0.29) is 11.7 Å². The number of thiocarbonyl (C=S) groups is 1. The maximum absolute atomic E-state index is 11.9. The van der Waals surface area contributed by atoms with E-state index in [9.17, 15) is 9.90 Å². The van der Waals surface area contributed by atoms with E-state index in [0.717, 1.165) is 5.56 Å². The Balaban J connectivity index is 2.39. The molecule has 0 atom stereocenters. The first-order valence-electron chi connectivity index (χ1n) is 5.81. The summed E-state index contributed by atoms with van der Waals surface area (Å²) in [5.74, 6) is 0.300. The first-order valence-corrected chi connectivity index (χ1v) is 7.82. The van der Waals surface area contributed by atoms with E-state index in [2.05, 4.69) is 15.9 Å². The Morgan fingerprint density at radius 3 is 2.80 bits per heavy atom. The maximum Gasteiger partial charge on any atom is 0.265 e. The van der Waals surface area contributed by atoms with Crippen LogP contribution in [0.1, 0.15) is 12.5 Å². The van der Waals surface area contributed by atoms with Crippen molar-refractivity contribution in [1.82, 2.24) is 4.90 Å². The summed E-state index contributed by atoms with van der Waals surface area (Å²) < 4.78 is 6.40. The zero-order chi connectivity index (χ0) is 14.9. The highest BCUT2D eigenvalue weighted by molar-refractivity contribution is 9.10. The molecule has 0 radical (unpaired) electrons. The van der Waals surface area contributed by atoms with Crippen molar-refractivity contribution < 1.29 is 14.6 Å². The first kappa shape index (κ1) is 15.3. The van der Waals surface area contributed by atoms with E-state index in [0.29, 0.717) is 26.1 Å². The van der Waals surface area contributed by atoms with Crippen LogP contribution in [-0.2, 0) is 4.79 Å². The lowest BCUT2D eigenvalue weighted by Gasteiger charge is -2.09. The van der Waals surface area contributed by atoms with Crippen molar-refractivity contribution in [3.8, 4) is 11.5 Å². The van der Waals surface area contributed by atoms with Gasteiger partial charge in [0.15, 0.2) is 11.5 Å². The third kappa shape index (κ3) is 2.99. The van der Waals surface area contributed by atoms with Gasteiger partial charge in [0, 0.05) is 7.05 Å². The van der Waals surface area contributed by atoms with Crippen molar-refractivity contribution in [3.63, 3.8) is 0 Å². The Kier molecular flexibility index (Phi) is 4.72. The van der Waals surface area contributed by atoms with Crippen molar-refractivity contribution in [2.45, 2.75) is 6.92 Å². The van der Waals surface area contributed by atoms with E-state index in [4.69, 9.17) is 17.0 Å². The normalized spacial score (nSPS) is 17.1. The summed E-state index contributed by atoms with van der Waals surface area (Å²) in [6.45, 7) is 2.28. The first-order chi connectivity index (χ1) is 9.43. The number of phenolic OH excluding ortho intramolecular Hbond substituents is 1. The van der Waals surface area contributed by atoms with Gasteiger partial charge in [0.25, 0.3) is 5.91 Å². The zero-order valence-electron chi connectivity index (χ0n) is 10.8. The van der Waals surface area contributed by atoms with Crippen LogP contribution in [0.15, 0.2) is 21.5 Å². The van der Waals surface area contributed by atoms with E-state index in [1.807, 2.05) is 6.92 Å². The number of carbonyl (C=O) groups excluding carboxylic acids is 1. The Morgan fingerprint density at radius 1 is 1.55 bits per heavy atom. The molecule has 0 aliphatic carbocycles. The lowest BCUT2D eigenvalue weighted by atomic mass is 10.2. The summed E-state index contributed by atoms with van der Waals surface area (Å²) in [5.41, 5.74) is 0.757. The predicted octanol–water partition coefficient (Wildman–Crippen LogP) is 3.38. The van der Waals surface area contributed by atoms with Gasteiger partial charge < -0.3 is 9.84 Å². The molecule has 4 nitrogen and oxygen atoms in total. The van der Waals surface area contributed by atoms with Crippen LogP contribution in [0.2, 0.25) is 0 Å². The second-order valence-corrected chi connectivity index (χ2v) is 6.55. The van der Waals surface area contributed by atoms with E-state index >= 15 is 0 Å². The molecule has 20 heavy (non-hydrogen) atoms. The number of amides is 1. The highest BCUT2D eigenvalue weighted by Crippen LogP contribution is 2.38. The monoisotopic (exact) mass is 373 g/mol. The summed E-state index contributed by atoms with van der Waals surface area (Å²) in [5, 5.41) is 9.86. The molecule has 1 heterocycles. The van der Waals surface area contributed by atoms with Crippen LogP contribution in [0.4, 0.5) is 0 Å². The number of thioether (sulfide) groups is 1. The van der Waals surface area contributed by atoms with Gasteiger partial charge >= 0.3 is 0 Å². The Hall–Kier alpha value is -1.05. The highest BCUT2D eigenvalue weighted by atomic mass is 79.9. The van der Waals surface area contributed by atoms with E-state index < -0.39 is 0 Å². The summed E-state index contributed by atoms with van der Waals surface area (Å²) in [6, 6.07) is 3.41. The van der Waals surface area contributed by atoms with Gasteiger partial charge in [-0.1, -0.05) is 24.0 Å². The Labute approximate surface area is 134 Å². The number of aromatic hydroxyl groups is 1. The van der Waals surface area contributed by atoms with Crippen LogP contribution in [0.25, 0.3) is 6.08 Å². The third-order valence-electron chi connectivity index (χ3n) is 2.63. The number of hydrogen-bond donors (Lipinski definition) is 1. The summed E-state index contributed by atoms with van der Waals surface area (Å²) in [7, 11) is 1.65. The molecule has 0 spiro atoms. The topological polar surface area (TPSA) is 49.8 Å². The number of benzene rings is 1. The number of hydrogen-bond acceptors (Lipinski definition) is 5. The fourth-order valence-corrected chi connectivity index (χ4v) is 3.28. The number of carbonyl (C=O) groups is 1. The minimum atomic E-state index is -0.123. The van der Waals surface area contributed by atoms with Gasteiger partial charge in [0.2, 0.25) is 0 Å². The summed E-state index contributed by atoms with van der Waals surface area (Å²) in [4.78, 5) is 13.9. The van der Waals surface area contributed by atoms with Crippen LogP contribution in [-0.4, -0.2) is 33.9 Å². The van der Waals surface area contributed by atoms with Crippen molar-refractivity contribution in [2.24, 2.45) is 0 Å². The van der Waals surface area contributed by atoms with Gasteiger partial charge in [-0.05, 0) is 46.6 Å². The molecule has 1 aromatic carbocycles. The predicted molar refractivity (Wildman–Crippen MR) is 87.9 cm³/mol. The quantitative estimate of drug-likeness (QED) is 0.649. The van der Waals surface area contributed by atoms with Gasteiger partial charge in [-0.2, -0.15) is 0 Å². The highest BCUT2D eigenvalue weighted by Gasteiger charge is 2.28. The smallest absolute Gasteiger partial charge is 0.265 e. The van der Waals surface area contributed by atoms with Crippen LogP contribution < -0.4 is 4.74 Å². The second kappa shape index (κ2) is 6.15. The molecule has 1 aliphatic rings. The molecule has 0 aromatic heterocycles. The molecule has 0 unspecified atom stereocenters. The molecule has 0 bridgehead atoms. The average molecular weight is 374 g/mol. The molecule has 7 heteroatoms. The van der Waals surface area contributed by atoms with Crippen LogP contribution in [0.5, 0.6) is 11.5 Å². The van der Waals surface area contributed by atoms with Crippen LogP contribution in [0, 0.1) is 0 Å². The number of rotatable bonds is 3. The molecule has 1 amide bonds. The number of halogens is 1. The molecule has 1 aliphatic heterocycles. The SMILES string of the molecule is CCOc1cc(C=C2SC(=S)N(C)C2=O)cc(Br)c1O. The molecular formula is C13H12BrNO3S2. The van der Waals surface area contributed by atoms with Crippen molar-refractivity contribution >= 4 is 56.2 Å². The van der Waals surface area contributed by atoms with E-state index in [1.165, 1.54) is 16.7 Å². The standard InChI is InChI=1S/C13H12BrNO3S2/c1-3-18-9-5-7(4-8(14)11(9)16)6-10-12(17)15(2)13(19)20-10/h4-6,16H,3H2,1-2H3. The molecule has 106 valence electrons. The maximum atomic E-state index is 11.9. The lowest BCUT2D eigenvalue weighted by Crippen LogP contribution is -2.22. The lowest BCUT2D eigenvalue weighted by molar-refractivity contribution is -0.121. The minimum Gasteiger partial charge on any atom is -0.503 e. The van der Waals surface area contributed by atoms with Gasteiger partial charge in [-0.15, -0.1) is 0 Å². The van der Waals surface area contributed by atoms with E-state index in [1.54, 1.807) is 25.3 Å². The molecule has 1 aromatic rings. The largest absolute Gasteiger partial charge is 0.503 e. The number of likely N-dealkylation sites (N-methyl/N-ethyl adjacent to an activating group) is 1.